The maximum Gasteiger partial charge on any atom is 0.421 e. The van der Waals surface area contributed by atoms with Gasteiger partial charge in [-0.2, -0.15) is 18.2 Å². The lowest BCUT2D eigenvalue weighted by Crippen LogP contribution is -2.44. The van der Waals surface area contributed by atoms with E-state index in [4.69, 9.17) is 9.47 Å². The summed E-state index contributed by atoms with van der Waals surface area (Å²) in [6.45, 7) is 6.13. The highest BCUT2D eigenvalue weighted by Crippen LogP contribution is 2.34. The fourth-order valence-corrected chi connectivity index (χ4v) is 3.70. The number of rotatable bonds is 8. The Balaban J connectivity index is 1.45. The van der Waals surface area contributed by atoms with Crippen LogP contribution in [0.4, 0.5) is 30.6 Å². The SMILES string of the molecule is CC1(COc2cccc(Nc3ncc(C(F)(F)F)c(NCC4CCNCC4)n3)c2)COC1. The first-order valence-corrected chi connectivity index (χ1v) is 10.8. The molecular weight excluding hydrogens is 423 g/mol. The van der Waals surface area contributed by atoms with Gasteiger partial charge in [0.2, 0.25) is 5.95 Å². The van der Waals surface area contributed by atoms with Crippen LogP contribution in [0, 0.1) is 11.3 Å². The van der Waals surface area contributed by atoms with E-state index in [2.05, 4.69) is 32.8 Å². The van der Waals surface area contributed by atoms with Gasteiger partial charge in [0, 0.05) is 29.9 Å². The first-order valence-electron chi connectivity index (χ1n) is 10.8. The standard InChI is InChI=1S/C22H28F3N5O2/c1-21(12-31-13-21)14-32-17-4-2-3-16(9-17)29-20-28-11-18(22(23,24)25)19(30-20)27-10-15-5-7-26-8-6-15/h2-4,9,11,15,26H,5-8,10,12-14H2,1H3,(H2,27,28,29,30). The molecular formula is C22H28F3N5O2. The Labute approximate surface area is 185 Å². The Bertz CT molecular complexity index is 915. The molecule has 0 unspecified atom stereocenters. The van der Waals surface area contributed by atoms with Crippen molar-refractivity contribution in [1.29, 1.82) is 0 Å². The van der Waals surface area contributed by atoms with Gasteiger partial charge in [0.05, 0.1) is 19.8 Å². The molecule has 3 heterocycles. The van der Waals surface area contributed by atoms with Crippen molar-refractivity contribution in [2.75, 3.05) is 50.1 Å². The Hall–Kier alpha value is -2.59. The number of benzene rings is 1. The molecule has 0 bridgehead atoms. The van der Waals surface area contributed by atoms with Crippen molar-refractivity contribution >= 4 is 17.5 Å². The van der Waals surface area contributed by atoms with Crippen LogP contribution >= 0.6 is 0 Å². The van der Waals surface area contributed by atoms with E-state index in [1.54, 1.807) is 18.2 Å². The molecule has 0 aliphatic carbocycles. The van der Waals surface area contributed by atoms with Gasteiger partial charge in [-0.3, -0.25) is 0 Å². The number of halogens is 3. The number of nitrogens with one attached hydrogen (secondary N) is 3. The number of ether oxygens (including phenoxy) is 2. The number of alkyl halides is 3. The van der Waals surface area contributed by atoms with E-state index in [-0.39, 0.29) is 17.2 Å². The van der Waals surface area contributed by atoms with Gasteiger partial charge in [-0.15, -0.1) is 0 Å². The molecule has 2 saturated heterocycles. The molecule has 2 fully saturated rings. The van der Waals surface area contributed by atoms with Crippen molar-refractivity contribution in [2.24, 2.45) is 11.3 Å². The molecule has 0 saturated carbocycles. The number of anilines is 3. The van der Waals surface area contributed by atoms with Crippen LogP contribution in [0.2, 0.25) is 0 Å². The second-order valence-corrected chi connectivity index (χ2v) is 8.77. The molecule has 4 rings (SSSR count). The van der Waals surface area contributed by atoms with Crippen LogP contribution in [0.15, 0.2) is 30.5 Å². The van der Waals surface area contributed by atoms with Crippen molar-refractivity contribution in [2.45, 2.75) is 25.9 Å². The highest BCUT2D eigenvalue weighted by Gasteiger charge is 2.36. The molecule has 2 aromatic rings. The monoisotopic (exact) mass is 451 g/mol. The second-order valence-electron chi connectivity index (χ2n) is 8.77. The fraction of sp³-hybridized carbons (Fsp3) is 0.545. The summed E-state index contributed by atoms with van der Waals surface area (Å²) < 4.78 is 51.5. The molecule has 0 atom stereocenters. The second kappa shape index (κ2) is 9.50. The Morgan fingerprint density at radius 2 is 2.03 bits per heavy atom. The molecule has 32 heavy (non-hydrogen) atoms. The van der Waals surface area contributed by atoms with Gasteiger partial charge >= 0.3 is 6.18 Å². The molecule has 10 heteroatoms. The normalized spacial score (nSPS) is 18.6. The molecule has 7 nitrogen and oxygen atoms in total. The molecule has 1 aromatic carbocycles. The summed E-state index contributed by atoms with van der Waals surface area (Å²) in [5.41, 5.74) is -0.235. The molecule has 0 radical (unpaired) electrons. The van der Waals surface area contributed by atoms with Crippen molar-refractivity contribution in [3.63, 3.8) is 0 Å². The molecule has 174 valence electrons. The van der Waals surface area contributed by atoms with E-state index in [1.165, 1.54) is 0 Å². The smallest absolute Gasteiger partial charge is 0.421 e. The molecule has 3 N–H and O–H groups in total. The van der Waals surface area contributed by atoms with Crippen LogP contribution in [0.25, 0.3) is 0 Å². The summed E-state index contributed by atoms with van der Waals surface area (Å²) in [5, 5.41) is 9.14. The summed E-state index contributed by atoms with van der Waals surface area (Å²) in [6.07, 6.45) is -1.88. The van der Waals surface area contributed by atoms with Gasteiger partial charge in [-0.1, -0.05) is 13.0 Å². The summed E-state index contributed by atoms with van der Waals surface area (Å²) in [4.78, 5) is 8.01. The predicted octanol–water partition coefficient (Wildman–Crippen LogP) is 4.07. The number of piperidine rings is 1. The average Bonchev–Trinajstić information content (AvgIpc) is 2.75. The quantitative estimate of drug-likeness (QED) is 0.558. The lowest BCUT2D eigenvalue weighted by molar-refractivity contribution is -0.137. The number of hydrogen-bond acceptors (Lipinski definition) is 7. The van der Waals surface area contributed by atoms with E-state index in [0.29, 0.717) is 43.7 Å². The minimum atomic E-state index is -4.54. The van der Waals surface area contributed by atoms with Gasteiger partial charge < -0.3 is 25.4 Å². The third kappa shape index (κ3) is 5.80. The largest absolute Gasteiger partial charge is 0.493 e. The van der Waals surface area contributed by atoms with E-state index < -0.39 is 11.7 Å². The maximum atomic E-state index is 13.5. The van der Waals surface area contributed by atoms with Crippen molar-refractivity contribution < 1.29 is 22.6 Å². The number of nitrogens with zero attached hydrogens (tertiary/aromatic N) is 2. The van der Waals surface area contributed by atoms with Gasteiger partial charge in [0.1, 0.15) is 17.1 Å². The van der Waals surface area contributed by atoms with Crippen molar-refractivity contribution in [3.8, 4) is 5.75 Å². The zero-order valence-electron chi connectivity index (χ0n) is 18.0. The topological polar surface area (TPSA) is 80.3 Å². The average molecular weight is 451 g/mol. The first-order chi connectivity index (χ1) is 15.3. The van der Waals surface area contributed by atoms with Crippen LogP contribution in [-0.2, 0) is 10.9 Å². The zero-order valence-corrected chi connectivity index (χ0v) is 18.0. The van der Waals surface area contributed by atoms with Crippen molar-refractivity contribution in [1.82, 2.24) is 15.3 Å². The van der Waals surface area contributed by atoms with Gasteiger partial charge in [-0.25, -0.2) is 4.98 Å². The molecule has 0 spiro atoms. The number of aromatic nitrogens is 2. The summed E-state index contributed by atoms with van der Waals surface area (Å²) in [6, 6.07) is 7.18. The maximum absolute atomic E-state index is 13.5. The third-order valence-corrected chi connectivity index (χ3v) is 5.69. The van der Waals surface area contributed by atoms with E-state index in [1.807, 2.05) is 6.07 Å². The Kier molecular flexibility index (Phi) is 6.71. The predicted molar refractivity (Wildman–Crippen MR) is 115 cm³/mol. The lowest BCUT2D eigenvalue weighted by Gasteiger charge is -2.37. The summed E-state index contributed by atoms with van der Waals surface area (Å²) in [7, 11) is 0. The fourth-order valence-electron chi connectivity index (χ4n) is 3.70. The third-order valence-electron chi connectivity index (χ3n) is 5.69. The first kappa shape index (κ1) is 22.6. The summed E-state index contributed by atoms with van der Waals surface area (Å²) >= 11 is 0. The van der Waals surface area contributed by atoms with Crippen LogP contribution < -0.4 is 20.7 Å². The van der Waals surface area contributed by atoms with E-state index >= 15 is 0 Å². The minimum Gasteiger partial charge on any atom is -0.493 e. The van der Waals surface area contributed by atoms with E-state index in [0.717, 1.165) is 32.1 Å². The highest BCUT2D eigenvalue weighted by molar-refractivity contribution is 5.58. The van der Waals surface area contributed by atoms with Gasteiger partial charge in [0.15, 0.2) is 0 Å². The zero-order chi connectivity index (χ0) is 22.6. The van der Waals surface area contributed by atoms with Crippen LogP contribution in [0.5, 0.6) is 5.75 Å². The lowest BCUT2D eigenvalue weighted by atomic mass is 9.90. The van der Waals surface area contributed by atoms with Gasteiger partial charge in [0.25, 0.3) is 0 Å². The van der Waals surface area contributed by atoms with Gasteiger partial charge in [-0.05, 0) is 44.0 Å². The summed E-state index contributed by atoms with van der Waals surface area (Å²) in [5.74, 6) is 0.834. The Morgan fingerprint density at radius 3 is 2.72 bits per heavy atom. The van der Waals surface area contributed by atoms with Crippen LogP contribution in [-0.4, -0.2) is 49.4 Å². The van der Waals surface area contributed by atoms with Crippen LogP contribution in [0.1, 0.15) is 25.3 Å². The highest BCUT2D eigenvalue weighted by atomic mass is 19.4. The van der Waals surface area contributed by atoms with Crippen molar-refractivity contribution in [3.05, 3.63) is 36.0 Å². The molecule has 2 aliphatic rings. The number of hydrogen-bond donors (Lipinski definition) is 3. The molecule has 2 aliphatic heterocycles. The Morgan fingerprint density at radius 1 is 1.25 bits per heavy atom. The van der Waals surface area contributed by atoms with E-state index in [9.17, 15) is 13.2 Å². The minimum absolute atomic E-state index is 0.00887. The van der Waals surface area contributed by atoms with Crippen LogP contribution in [0.3, 0.4) is 0 Å². The molecule has 0 amide bonds. The molecule has 1 aromatic heterocycles.